The Morgan fingerprint density at radius 2 is 0.931 bits per heavy atom. The van der Waals surface area contributed by atoms with Gasteiger partial charge in [-0.3, -0.25) is 9.59 Å². The third-order valence-corrected chi connectivity index (χ3v) is 11.3. The molecule has 0 fully saturated rings. The standard InChI is InChI=1S/C52H95NO5/c1-4-7-10-13-16-19-22-25-28-31-34-37-40-43-48(58-52(57)45-42-39-36-33-30-27-24-21-18-15-12-9-6-3)46-51(56)53-49(47-54)50(55)44-41-38-35-32-29-26-23-20-17-14-11-8-5-2/h7,10,13,16,19,22,25,28,48-50,54-55H,4-6,8-9,11-12,14-15,17-18,20-21,23-24,26-27,29-47H2,1-3H3,(H,53,56)/b10-7+,16-13+,22-19+,28-25-. The van der Waals surface area contributed by atoms with Crippen LogP contribution in [0, 0.1) is 0 Å². The molecule has 1 amide bonds. The van der Waals surface area contributed by atoms with E-state index in [2.05, 4.69) is 50.4 Å². The van der Waals surface area contributed by atoms with Crippen LogP contribution in [0.1, 0.15) is 245 Å². The third-order valence-electron chi connectivity index (χ3n) is 11.3. The first kappa shape index (κ1) is 55.8. The van der Waals surface area contributed by atoms with Crippen molar-refractivity contribution < 1.29 is 24.5 Å². The van der Waals surface area contributed by atoms with E-state index in [1.807, 2.05) is 24.3 Å². The number of esters is 1. The van der Waals surface area contributed by atoms with Crippen LogP contribution in [-0.4, -0.2) is 46.9 Å². The van der Waals surface area contributed by atoms with Crippen LogP contribution in [0.4, 0.5) is 0 Å². The maximum atomic E-state index is 13.2. The lowest BCUT2D eigenvalue weighted by molar-refractivity contribution is -0.151. The lowest BCUT2D eigenvalue weighted by Gasteiger charge is -2.24. The van der Waals surface area contributed by atoms with Gasteiger partial charge in [-0.1, -0.05) is 236 Å². The number of hydrogen-bond acceptors (Lipinski definition) is 5. The highest BCUT2D eigenvalue weighted by Gasteiger charge is 2.24. The summed E-state index contributed by atoms with van der Waals surface area (Å²) in [6.07, 6.45) is 54.5. The van der Waals surface area contributed by atoms with Gasteiger partial charge in [-0.25, -0.2) is 0 Å². The van der Waals surface area contributed by atoms with Crippen molar-refractivity contribution in [2.24, 2.45) is 0 Å². The largest absolute Gasteiger partial charge is 0.462 e. The van der Waals surface area contributed by atoms with E-state index in [0.29, 0.717) is 19.3 Å². The van der Waals surface area contributed by atoms with Gasteiger partial charge in [0.2, 0.25) is 5.91 Å². The lowest BCUT2D eigenvalue weighted by atomic mass is 10.0. The topological polar surface area (TPSA) is 95.9 Å². The Morgan fingerprint density at radius 1 is 0.517 bits per heavy atom. The van der Waals surface area contributed by atoms with E-state index in [1.54, 1.807) is 0 Å². The second-order valence-electron chi connectivity index (χ2n) is 16.9. The van der Waals surface area contributed by atoms with Crippen molar-refractivity contribution in [2.75, 3.05) is 6.61 Å². The Morgan fingerprint density at radius 3 is 1.41 bits per heavy atom. The van der Waals surface area contributed by atoms with Crippen LogP contribution in [0.25, 0.3) is 0 Å². The zero-order valence-corrected chi connectivity index (χ0v) is 38.4. The fourth-order valence-electron chi connectivity index (χ4n) is 7.50. The van der Waals surface area contributed by atoms with Crippen molar-refractivity contribution in [1.29, 1.82) is 0 Å². The fraction of sp³-hybridized carbons (Fsp3) is 0.808. The average molecular weight is 814 g/mol. The highest BCUT2D eigenvalue weighted by Crippen LogP contribution is 2.18. The van der Waals surface area contributed by atoms with Gasteiger partial charge < -0.3 is 20.3 Å². The van der Waals surface area contributed by atoms with E-state index < -0.39 is 18.2 Å². The van der Waals surface area contributed by atoms with Gasteiger partial charge >= 0.3 is 5.97 Å². The third kappa shape index (κ3) is 40.6. The molecule has 0 aliphatic heterocycles. The molecular weight excluding hydrogens is 719 g/mol. The van der Waals surface area contributed by atoms with Crippen LogP contribution >= 0.6 is 0 Å². The molecule has 0 aromatic rings. The Bertz CT molecular complexity index is 1000. The van der Waals surface area contributed by atoms with Crippen LogP contribution in [-0.2, 0) is 14.3 Å². The molecule has 0 rings (SSSR count). The van der Waals surface area contributed by atoms with E-state index in [4.69, 9.17) is 4.74 Å². The molecule has 0 saturated carbocycles. The van der Waals surface area contributed by atoms with Gasteiger partial charge in [-0.15, -0.1) is 0 Å². The first-order chi connectivity index (χ1) is 28.5. The number of allylic oxidation sites excluding steroid dienone is 8. The number of aliphatic hydroxyl groups excluding tert-OH is 2. The molecular formula is C52H95NO5. The number of hydrogen-bond donors (Lipinski definition) is 3. The summed E-state index contributed by atoms with van der Waals surface area (Å²) in [7, 11) is 0. The summed E-state index contributed by atoms with van der Waals surface area (Å²) in [6.45, 7) is 6.33. The predicted octanol–water partition coefficient (Wildman–Crippen LogP) is 14.7. The normalized spacial score (nSPS) is 13.7. The summed E-state index contributed by atoms with van der Waals surface area (Å²) in [5.41, 5.74) is 0. The summed E-state index contributed by atoms with van der Waals surface area (Å²) in [6, 6.07) is -0.712. The Hall–Kier alpha value is -2.18. The number of carbonyl (C=O) groups is 2. The lowest BCUT2D eigenvalue weighted by Crippen LogP contribution is -2.46. The van der Waals surface area contributed by atoms with Crippen molar-refractivity contribution in [3.05, 3.63) is 48.6 Å². The molecule has 0 saturated heterocycles. The van der Waals surface area contributed by atoms with Crippen LogP contribution in [0.3, 0.4) is 0 Å². The summed E-state index contributed by atoms with van der Waals surface area (Å²) in [5, 5.41) is 23.7. The van der Waals surface area contributed by atoms with Crippen molar-refractivity contribution in [1.82, 2.24) is 5.32 Å². The molecule has 0 aromatic heterocycles. The average Bonchev–Trinajstić information content (AvgIpc) is 3.22. The SMILES string of the molecule is CC/C=C/C=C/C=C/C=C\CCCCCC(CC(=O)NC(CO)C(O)CCCCCCCCCCCCCCC)OC(=O)CCCCCCCCCCCCCCC. The second kappa shape index (κ2) is 45.9. The molecule has 0 aromatic carbocycles. The number of amides is 1. The zero-order valence-electron chi connectivity index (χ0n) is 38.4. The molecule has 3 N–H and O–H groups in total. The molecule has 58 heavy (non-hydrogen) atoms. The molecule has 338 valence electrons. The summed E-state index contributed by atoms with van der Waals surface area (Å²) >= 11 is 0. The first-order valence-corrected chi connectivity index (χ1v) is 24.9. The minimum atomic E-state index is -0.796. The van der Waals surface area contributed by atoms with Crippen LogP contribution in [0.2, 0.25) is 0 Å². The molecule has 0 heterocycles. The molecule has 0 aliphatic rings. The number of unbranched alkanes of at least 4 members (excludes halogenated alkanes) is 27. The van der Waals surface area contributed by atoms with E-state index >= 15 is 0 Å². The quantitative estimate of drug-likeness (QED) is 0.0323. The van der Waals surface area contributed by atoms with Crippen LogP contribution < -0.4 is 5.32 Å². The Balaban J connectivity index is 4.62. The maximum Gasteiger partial charge on any atom is 0.306 e. The Kier molecular flexibility index (Phi) is 44.2. The minimum Gasteiger partial charge on any atom is -0.462 e. The molecule has 3 atom stereocenters. The van der Waals surface area contributed by atoms with E-state index in [1.165, 1.54) is 128 Å². The van der Waals surface area contributed by atoms with Gasteiger partial charge in [0.1, 0.15) is 6.10 Å². The van der Waals surface area contributed by atoms with Crippen molar-refractivity contribution in [2.45, 2.75) is 264 Å². The monoisotopic (exact) mass is 814 g/mol. The number of nitrogens with one attached hydrogen (secondary N) is 1. The minimum absolute atomic E-state index is 0.0535. The highest BCUT2D eigenvalue weighted by molar-refractivity contribution is 5.77. The summed E-state index contributed by atoms with van der Waals surface area (Å²) in [4.78, 5) is 26.1. The smallest absolute Gasteiger partial charge is 0.306 e. The molecule has 0 bridgehead atoms. The van der Waals surface area contributed by atoms with Crippen molar-refractivity contribution >= 4 is 11.9 Å². The predicted molar refractivity (Wildman–Crippen MR) is 250 cm³/mol. The zero-order chi connectivity index (χ0) is 42.4. The van der Waals surface area contributed by atoms with E-state index in [9.17, 15) is 19.8 Å². The molecule has 0 spiro atoms. The fourth-order valence-corrected chi connectivity index (χ4v) is 7.50. The van der Waals surface area contributed by atoms with Gasteiger partial charge in [0.05, 0.1) is 25.2 Å². The van der Waals surface area contributed by atoms with Crippen molar-refractivity contribution in [3.8, 4) is 0 Å². The first-order valence-electron chi connectivity index (χ1n) is 24.9. The van der Waals surface area contributed by atoms with Gasteiger partial charge in [-0.05, 0) is 44.9 Å². The van der Waals surface area contributed by atoms with E-state index in [-0.39, 0.29) is 24.9 Å². The Labute approximate surface area is 359 Å². The van der Waals surface area contributed by atoms with Crippen molar-refractivity contribution in [3.63, 3.8) is 0 Å². The van der Waals surface area contributed by atoms with Crippen LogP contribution in [0.5, 0.6) is 0 Å². The second-order valence-corrected chi connectivity index (χ2v) is 16.9. The number of rotatable bonds is 44. The molecule has 0 radical (unpaired) electrons. The number of aliphatic hydroxyl groups is 2. The van der Waals surface area contributed by atoms with Gasteiger partial charge in [0.15, 0.2) is 0 Å². The number of carbonyl (C=O) groups excluding carboxylic acids is 2. The van der Waals surface area contributed by atoms with Gasteiger partial charge in [0.25, 0.3) is 0 Å². The molecule has 0 aliphatic carbocycles. The van der Waals surface area contributed by atoms with Crippen LogP contribution in [0.15, 0.2) is 48.6 Å². The highest BCUT2D eigenvalue weighted by atomic mass is 16.5. The maximum absolute atomic E-state index is 13.2. The van der Waals surface area contributed by atoms with E-state index in [0.717, 1.165) is 70.6 Å². The molecule has 3 unspecified atom stereocenters. The number of ether oxygens (including phenoxy) is 1. The molecule has 6 nitrogen and oxygen atoms in total. The van der Waals surface area contributed by atoms with Gasteiger partial charge in [-0.2, -0.15) is 0 Å². The summed E-state index contributed by atoms with van der Waals surface area (Å²) < 4.78 is 5.90. The van der Waals surface area contributed by atoms with Gasteiger partial charge in [0, 0.05) is 6.42 Å². The summed E-state index contributed by atoms with van der Waals surface area (Å²) in [5.74, 6) is -0.507. The molecule has 6 heteroatoms.